The average molecular weight is 383 g/mol. The molecule has 2 aliphatic rings. The number of aryl methyl sites for hydroxylation is 1. The van der Waals surface area contributed by atoms with Gasteiger partial charge in [0.15, 0.2) is 0 Å². The molecule has 7 heteroatoms. The minimum Gasteiger partial charge on any atom is -0.342 e. The van der Waals surface area contributed by atoms with Gasteiger partial charge in [-0.05, 0) is 56.2 Å². The lowest BCUT2D eigenvalue weighted by atomic mass is 9.93. The van der Waals surface area contributed by atoms with Crippen molar-refractivity contribution in [1.29, 1.82) is 0 Å². The standard InChI is InChI=1S/C19H27FN2O3S/c1-14-5-9-21(10-6-14)19(23)16-7-11-22(12-8-16)26(24,25)18-13-15(2)3-4-17(18)20/h3-4,13-14,16H,5-12H2,1-2H3. The number of piperidine rings is 2. The second kappa shape index (κ2) is 7.64. The number of sulfonamides is 1. The van der Waals surface area contributed by atoms with E-state index in [1.165, 1.54) is 16.4 Å². The van der Waals surface area contributed by atoms with Crippen LogP contribution >= 0.6 is 0 Å². The Morgan fingerprint density at radius 2 is 1.69 bits per heavy atom. The number of hydrogen-bond donors (Lipinski definition) is 0. The van der Waals surface area contributed by atoms with Crippen LogP contribution in [0.4, 0.5) is 4.39 Å². The molecule has 0 atom stereocenters. The first-order valence-corrected chi connectivity index (χ1v) is 10.8. The van der Waals surface area contributed by atoms with Crippen molar-refractivity contribution >= 4 is 15.9 Å². The Morgan fingerprint density at radius 1 is 1.08 bits per heavy atom. The molecular weight excluding hydrogens is 355 g/mol. The lowest BCUT2D eigenvalue weighted by Crippen LogP contribution is -2.46. The first-order valence-electron chi connectivity index (χ1n) is 9.34. The second-order valence-electron chi connectivity index (χ2n) is 7.62. The molecule has 5 nitrogen and oxygen atoms in total. The van der Waals surface area contributed by atoms with Crippen LogP contribution < -0.4 is 0 Å². The molecule has 2 fully saturated rings. The number of hydrogen-bond acceptors (Lipinski definition) is 3. The van der Waals surface area contributed by atoms with Crippen LogP contribution in [0.15, 0.2) is 23.1 Å². The Hall–Kier alpha value is -1.47. The molecule has 0 aromatic heterocycles. The van der Waals surface area contributed by atoms with E-state index in [-0.39, 0.29) is 29.8 Å². The average Bonchev–Trinajstić information content (AvgIpc) is 2.64. The quantitative estimate of drug-likeness (QED) is 0.808. The fourth-order valence-electron chi connectivity index (χ4n) is 3.78. The third-order valence-electron chi connectivity index (χ3n) is 5.60. The fourth-order valence-corrected chi connectivity index (χ4v) is 5.40. The first-order chi connectivity index (χ1) is 12.3. The highest BCUT2D eigenvalue weighted by molar-refractivity contribution is 7.89. The van der Waals surface area contributed by atoms with Crippen LogP contribution in [0, 0.1) is 24.6 Å². The highest BCUT2D eigenvalue weighted by Crippen LogP contribution is 2.28. The van der Waals surface area contributed by atoms with E-state index >= 15 is 0 Å². The van der Waals surface area contributed by atoms with Gasteiger partial charge in [0.2, 0.25) is 15.9 Å². The molecule has 0 unspecified atom stereocenters. The van der Waals surface area contributed by atoms with Crippen molar-refractivity contribution in [2.75, 3.05) is 26.2 Å². The molecule has 3 rings (SSSR count). The summed E-state index contributed by atoms with van der Waals surface area (Å²) in [6.45, 7) is 6.06. The highest BCUT2D eigenvalue weighted by atomic mass is 32.2. The van der Waals surface area contributed by atoms with Gasteiger partial charge < -0.3 is 4.90 Å². The van der Waals surface area contributed by atoms with Crippen LogP contribution in [0.3, 0.4) is 0 Å². The second-order valence-corrected chi connectivity index (χ2v) is 9.53. The summed E-state index contributed by atoms with van der Waals surface area (Å²) < 4.78 is 40.9. The maximum Gasteiger partial charge on any atom is 0.245 e. The summed E-state index contributed by atoms with van der Waals surface area (Å²) in [5.74, 6) is -0.0422. The summed E-state index contributed by atoms with van der Waals surface area (Å²) in [7, 11) is -3.86. The Bertz CT molecular complexity index is 765. The Kier molecular flexibility index (Phi) is 5.67. The molecule has 1 amide bonds. The Balaban J connectivity index is 1.64. The van der Waals surface area contributed by atoms with Crippen molar-refractivity contribution in [2.45, 2.75) is 44.4 Å². The van der Waals surface area contributed by atoms with E-state index in [1.54, 1.807) is 13.0 Å². The maximum atomic E-state index is 14.0. The van der Waals surface area contributed by atoms with Gasteiger partial charge in [0, 0.05) is 32.1 Å². The monoisotopic (exact) mass is 382 g/mol. The fraction of sp³-hybridized carbons (Fsp3) is 0.632. The summed E-state index contributed by atoms with van der Waals surface area (Å²) in [6.07, 6.45) is 3.06. The number of likely N-dealkylation sites (tertiary alicyclic amines) is 1. The number of carbonyl (C=O) groups excluding carboxylic acids is 1. The molecule has 1 aromatic carbocycles. The first kappa shape index (κ1) is 19.3. The molecular formula is C19H27FN2O3S. The molecule has 0 N–H and O–H groups in total. The van der Waals surface area contributed by atoms with Crippen molar-refractivity contribution in [3.8, 4) is 0 Å². The van der Waals surface area contributed by atoms with Gasteiger partial charge in [0.05, 0.1) is 0 Å². The SMILES string of the molecule is Cc1ccc(F)c(S(=O)(=O)N2CCC(C(=O)N3CCC(C)CC3)CC2)c1. The van der Waals surface area contributed by atoms with Crippen LogP contribution in [0.1, 0.15) is 38.2 Å². The van der Waals surface area contributed by atoms with Gasteiger partial charge in [-0.1, -0.05) is 13.0 Å². The minimum absolute atomic E-state index is 0.128. The number of carbonyl (C=O) groups is 1. The van der Waals surface area contributed by atoms with E-state index in [1.807, 2.05) is 4.90 Å². The molecule has 26 heavy (non-hydrogen) atoms. The van der Waals surface area contributed by atoms with Gasteiger partial charge in [-0.25, -0.2) is 12.8 Å². The van der Waals surface area contributed by atoms with E-state index in [4.69, 9.17) is 0 Å². The zero-order chi connectivity index (χ0) is 18.9. The van der Waals surface area contributed by atoms with E-state index in [0.717, 1.165) is 25.9 Å². The summed E-state index contributed by atoms with van der Waals surface area (Å²) in [5.41, 5.74) is 0.703. The van der Waals surface area contributed by atoms with Gasteiger partial charge in [-0.2, -0.15) is 4.31 Å². The summed E-state index contributed by atoms with van der Waals surface area (Å²) in [6, 6.07) is 4.12. The molecule has 2 aliphatic heterocycles. The Morgan fingerprint density at radius 3 is 2.31 bits per heavy atom. The van der Waals surface area contributed by atoms with E-state index in [2.05, 4.69) is 6.92 Å². The molecule has 0 saturated carbocycles. The van der Waals surface area contributed by atoms with Gasteiger partial charge in [-0.3, -0.25) is 4.79 Å². The zero-order valence-corrected chi connectivity index (χ0v) is 16.3. The number of amides is 1. The van der Waals surface area contributed by atoms with E-state index in [9.17, 15) is 17.6 Å². The van der Waals surface area contributed by atoms with Crippen LogP contribution in [-0.2, 0) is 14.8 Å². The predicted octanol–water partition coefficient (Wildman–Crippen LogP) is 2.79. The zero-order valence-electron chi connectivity index (χ0n) is 15.4. The van der Waals surface area contributed by atoms with Crippen molar-refractivity contribution in [3.05, 3.63) is 29.6 Å². The number of rotatable bonds is 3. The highest BCUT2D eigenvalue weighted by Gasteiger charge is 2.35. The van der Waals surface area contributed by atoms with Crippen molar-refractivity contribution in [2.24, 2.45) is 11.8 Å². The maximum absolute atomic E-state index is 14.0. The van der Waals surface area contributed by atoms with Crippen LogP contribution in [0.5, 0.6) is 0 Å². The Labute approximate surface area is 155 Å². The molecule has 2 saturated heterocycles. The van der Waals surface area contributed by atoms with Crippen LogP contribution in [0.2, 0.25) is 0 Å². The van der Waals surface area contributed by atoms with E-state index in [0.29, 0.717) is 24.3 Å². The van der Waals surface area contributed by atoms with Gasteiger partial charge in [-0.15, -0.1) is 0 Å². The van der Waals surface area contributed by atoms with E-state index < -0.39 is 15.8 Å². The smallest absolute Gasteiger partial charge is 0.245 e. The normalized spacial score (nSPS) is 21.1. The minimum atomic E-state index is -3.86. The molecule has 144 valence electrons. The van der Waals surface area contributed by atoms with Crippen molar-refractivity contribution in [3.63, 3.8) is 0 Å². The molecule has 2 heterocycles. The summed E-state index contributed by atoms with van der Waals surface area (Å²) >= 11 is 0. The number of halogens is 1. The third-order valence-corrected chi connectivity index (χ3v) is 7.52. The molecule has 0 spiro atoms. The number of benzene rings is 1. The van der Waals surface area contributed by atoms with Gasteiger partial charge in [0.25, 0.3) is 0 Å². The molecule has 1 aromatic rings. The predicted molar refractivity (Wildman–Crippen MR) is 97.6 cm³/mol. The summed E-state index contributed by atoms with van der Waals surface area (Å²) in [4.78, 5) is 14.3. The number of nitrogens with zero attached hydrogens (tertiary/aromatic N) is 2. The largest absolute Gasteiger partial charge is 0.342 e. The van der Waals surface area contributed by atoms with Gasteiger partial charge >= 0.3 is 0 Å². The molecule has 0 radical (unpaired) electrons. The summed E-state index contributed by atoms with van der Waals surface area (Å²) in [5, 5.41) is 0. The van der Waals surface area contributed by atoms with Crippen molar-refractivity contribution in [1.82, 2.24) is 9.21 Å². The van der Waals surface area contributed by atoms with Crippen molar-refractivity contribution < 1.29 is 17.6 Å². The molecule has 0 aliphatic carbocycles. The lowest BCUT2D eigenvalue weighted by molar-refractivity contribution is -0.138. The van der Waals surface area contributed by atoms with Crippen LogP contribution in [0.25, 0.3) is 0 Å². The topological polar surface area (TPSA) is 57.7 Å². The third kappa shape index (κ3) is 3.93. The lowest BCUT2D eigenvalue weighted by Gasteiger charge is -2.36. The van der Waals surface area contributed by atoms with Gasteiger partial charge in [0.1, 0.15) is 10.7 Å². The molecule has 0 bridgehead atoms. The van der Waals surface area contributed by atoms with Crippen LogP contribution in [-0.4, -0.2) is 49.7 Å².